The molecule has 2 aromatic heterocycles. The largest absolute Gasteiger partial charge is 0.323 e. The number of hydrogen-bond donors (Lipinski definition) is 1. The minimum absolute atomic E-state index is 0.00664. The van der Waals surface area contributed by atoms with Crippen LogP contribution in [-0.2, 0) is 24.2 Å². The summed E-state index contributed by atoms with van der Waals surface area (Å²) in [6.07, 6.45) is 9.50. The summed E-state index contributed by atoms with van der Waals surface area (Å²) in [4.78, 5) is 28.0. The molecule has 9 heteroatoms. The molecule has 1 fully saturated rings. The van der Waals surface area contributed by atoms with Gasteiger partial charge in [0.1, 0.15) is 5.82 Å². The molecule has 1 aliphatic rings. The van der Waals surface area contributed by atoms with Crippen molar-refractivity contribution in [3.63, 3.8) is 0 Å². The first-order chi connectivity index (χ1) is 18.9. The molecule has 5 rings (SSSR count). The zero-order chi connectivity index (χ0) is 27.2. The van der Waals surface area contributed by atoms with Gasteiger partial charge in [-0.3, -0.25) is 14.3 Å². The number of carbonyl (C=O) groups is 2. The smallest absolute Gasteiger partial charge is 0.228 e. The van der Waals surface area contributed by atoms with Crippen molar-refractivity contribution in [3.05, 3.63) is 95.3 Å². The fraction of sp³-hybridized carbons (Fsp3) is 0.333. The van der Waals surface area contributed by atoms with E-state index >= 15 is 0 Å². The van der Waals surface area contributed by atoms with Crippen LogP contribution in [0.4, 0.5) is 10.1 Å². The molecular formula is C30H33FN6O2. The maximum absolute atomic E-state index is 13.8. The number of hydrogen-bond acceptors (Lipinski definition) is 5. The van der Waals surface area contributed by atoms with Crippen LogP contribution < -0.4 is 5.32 Å². The quantitative estimate of drug-likeness (QED) is 0.304. The van der Waals surface area contributed by atoms with Crippen LogP contribution in [0.25, 0.3) is 5.69 Å². The Balaban J connectivity index is 1.19. The van der Waals surface area contributed by atoms with E-state index in [2.05, 4.69) is 20.4 Å². The number of nitrogens with one attached hydrogen (secondary N) is 1. The Bertz CT molecular complexity index is 1450. The van der Waals surface area contributed by atoms with Crippen LogP contribution in [0.2, 0.25) is 0 Å². The Labute approximate surface area is 227 Å². The average molecular weight is 529 g/mol. The lowest BCUT2D eigenvalue weighted by atomic mass is 10.0. The fourth-order valence-corrected chi connectivity index (χ4v) is 4.91. The van der Waals surface area contributed by atoms with Gasteiger partial charge in [-0.15, -0.1) is 0 Å². The van der Waals surface area contributed by atoms with Crippen molar-refractivity contribution in [1.82, 2.24) is 24.5 Å². The summed E-state index contributed by atoms with van der Waals surface area (Å²) >= 11 is 0. The van der Waals surface area contributed by atoms with Gasteiger partial charge in [0.15, 0.2) is 5.78 Å². The number of Topliss-reactive ketones (excluding diaryl/α,β-unsaturated/α-hetero) is 1. The first-order valence-electron chi connectivity index (χ1n) is 13.4. The molecule has 0 atom stereocenters. The number of halogens is 1. The van der Waals surface area contributed by atoms with Crippen LogP contribution >= 0.6 is 0 Å². The standard InChI is InChI=1S/C30H33FN6O2/c1-22-25(21-36(34-22)15-14-35-12-5-2-6-13-35)18-29(38)24-8-7-9-26(17-24)37-20-23(19-32-37)16-30(39)33-28-11-4-3-10-27(28)31/h3-4,7-11,17,19-21H,2,5-6,12-16,18H2,1H3,(H,33,39). The fourth-order valence-electron chi connectivity index (χ4n) is 4.91. The maximum Gasteiger partial charge on any atom is 0.228 e. The Morgan fingerprint density at radius 3 is 2.62 bits per heavy atom. The second-order valence-electron chi connectivity index (χ2n) is 10.1. The summed E-state index contributed by atoms with van der Waals surface area (Å²) in [5.74, 6) is -0.814. The van der Waals surface area contributed by atoms with E-state index in [4.69, 9.17) is 0 Å². The number of likely N-dealkylation sites (tertiary alicyclic amines) is 1. The highest BCUT2D eigenvalue weighted by molar-refractivity contribution is 5.98. The van der Waals surface area contributed by atoms with Crippen molar-refractivity contribution >= 4 is 17.4 Å². The van der Waals surface area contributed by atoms with Gasteiger partial charge in [0, 0.05) is 36.5 Å². The maximum atomic E-state index is 13.8. The summed E-state index contributed by atoms with van der Waals surface area (Å²) in [5, 5.41) is 11.6. The van der Waals surface area contributed by atoms with Crippen molar-refractivity contribution in [3.8, 4) is 5.69 Å². The number of nitrogens with zero attached hydrogens (tertiary/aromatic N) is 5. The summed E-state index contributed by atoms with van der Waals surface area (Å²) in [6.45, 7) is 6.06. The first-order valence-corrected chi connectivity index (χ1v) is 13.4. The Morgan fingerprint density at radius 1 is 0.974 bits per heavy atom. The van der Waals surface area contributed by atoms with Crippen molar-refractivity contribution < 1.29 is 14.0 Å². The number of amides is 1. The monoisotopic (exact) mass is 528 g/mol. The summed E-state index contributed by atoms with van der Waals surface area (Å²) in [5.41, 5.74) is 3.93. The summed E-state index contributed by atoms with van der Waals surface area (Å²) in [6, 6.07) is 13.3. The van der Waals surface area contributed by atoms with Crippen LogP contribution in [0.5, 0.6) is 0 Å². The number of aryl methyl sites for hydroxylation is 1. The van der Waals surface area contributed by atoms with Gasteiger partial charge >= 0.3 is 0 Å². The van der Waals surface area contributed by atoms with E-state index in [-0.39, 0.29) is 30.2 Å². The minimum Gasteiger partial charge on any atom is -0.323 e. The predicted octanol–water partition coefficient (Wildman–Crippen LogP) is 4.61. The molecule has 2 aromatic carbocycles. The van der Waals surface area contributed by atoms with Crippen LogP contribution in [-0.4, -0.2) is 55.8 Å². The molecule has 39 heavy (non-hydrogen) atoms. The van der Waals surface area contributed by atoms with Gasteiger partial charge in [-0.1, -0.05) is 30.7 Å². The third-order valence-corrected chi connectivity index (χ3v) is 7.07. The molecule has 0 spiro atoms. The Morgan fingerprint density at radius 2 is 1.79 bits per heavy atom. The van der Waals surface area contributed by atoms with Crippen molar-refractivity contribution in [2.45, 2.75) is 45.6 Å². The molecule has 202 valence electrons. The zero-order valence-corrected chi connectivity index (χ0v) is 22.1. The lowest BCUT2D eigenvalue weighted by Crippen LogP contribution is -2.32. The normalized spacial score (nSPS) is 13.9. The highest BCUT2D eigenvalue weighted by Gasteiger charge is 2.15. The van der Waals surface area contributed by atoms with E-state index in [1.54, 1.807) is 41.3 Å². The SMILES string of the molecule is Cc1nn(CCN2CCCCC2)cc1CC(=O)c1cccc(-n2cc(CC(=O)Nc3ccccc3F)cn2)c1. The van der Waals surface area contributed by atoms with Gasteiger partial charge in [0.25, 0.3) is 0 Å². The van der Waals surface area contributed by atoms with E-state index in [0.717, 1.165) is 43.1 Å². The highest BCUT2D eigenvalue weighted by Crippen LogP contribution is 2.17. The number of aromatic nitrogens is 4. The van der Waals surface area contributed by atoms with E-state index in [1.807, 2.05) is 29.9 Å². The number of benzene rings is 2. The van der Waals surface area contributed by atoms with Gasteiger partial charge in [-0.2, -0.15) is 10.2 Å². The summed E-state index contributed by atoms with van der Waals surface area (Å²) < 4.78 is 17.4. The molecule has 1 aliphatic heterocycles. The van der Waals surface area contributed by atoms with Gasteiger partial charge in [0.2, 0.25) is 5.91 Å². The molecule has 1 N–H and O–H groups in total. The molecular weight excluding hydrogens is 495 g/mol. The lowest BCUT2D eigenvalue weighted by molar-refractivity contribution is -0.115. The number of rotatable bonds is 10. The van der Waals surface area contributed by atoms with E-state index in [9.17, 15) is 14.0 Å². The van der Waals surface area contributed by atoms with Gasteiger partial charge in [-0.25, -0.2) is 9.07 Å². The number of piperidine rings is 1. The predicted molar refractivity (Wildman–Crippen MR) is 148 cm³/mol. The van der Waals surface area contributed by atoms with E-state index in [0.29, 0.717) is 11.1 Å². The van der Waals surface area contributed by atoms with Crippen LogP contribution in [0, 0.1) is 12.7 Å². The molecule has 0 aliphatic carbocycles. The minimum atomic E-state index is -0.483. The molecule has 0 unspecified atom stereocenters. The van der Waals surface area contributed by atoms with Crippen LogP contribution in [0.3, 0.4) is 0 Å². The third-order valence-electron chi connectivity index (χ3n) is 7.07. The third kappa shape index (κ3) is 6.86. The number of carbonyl (C=O) groups excluding carboxylic acids is 2. The number of ketones is 1. The van der Waals surface area contributed by atoms with Crippen LogP contribution in [0.15, 0.2) is 67.1 Å². The highest BCUT2D eigenvalue weighted by atomic mass is 19.1. The number of anilines is 1. The molecule has 0 saturated carbocycles. The topological polar surface area (TPSA) is 85.0 Å². The van der Waals surface area contributed by atoms with Crippen molar-refractivity contribution in [1.29, 1.82) is 0 Å². The summed E-state index contributed by atoms with van der Waals surface area (Å²) in [7, 11) is 0. The average Bonchev–Trinajstić information content (AvgIpc) is 3.55. The van der Waals surface area contributed by atoms with Gasteiger partial charge in [0.05, 0.1) is 36.2 Å². The van der Waals surface area contributed by atoms with Gasteiger partial charge in [-0.05, 0) is 62.7 Å². The van der Waals surface area contributed by atoms with Crippen LogP contribution in [0.1, 0.15) is 46.4 Å². The molecule has 0 radical (unpaired) electrons. The molecule has 1 amide bonds. The Kier molecular flexibility index (Phi) is 8.27. The van der Waals surface area contributed by atoms with E-state index in [1.165, 1.54) is 31.4 Å². The second-order valence-corrected chi connectivity index (χ2v) is 10.1. The van der Waals surface area contributed by atoms with Crippen molar-refractivity contribution in [2.24, 2.45) is 0 Å². The zero-order valence-electron chi connectivity index (χ0n) is 22.1. The first kappa shape index (κ1) is 26.5. The Hall–Kier alpha value is -4.11. The second kappa shape index (κ2) is 12.2. The lowest BCUT2D eigenvalue weighted by Gasteiger charge is -2.26. The molecule has 4 aromatic rings. The van der Waals surface area contributed by atoms with E-state index < -0.39 is 5.82 Å². The molecule has 1 saturated heterocycles. The molecule has 0 bridgehead atoms. The van der Waals surface area contributed by atoms with Gasteiger partial charge < -0.3 is 10.2 Å². The molecule has 8 nitrogen and oxygen atoms in total. The number of para-hydroxylation sites is 1. The molecule has 3 heterocycles. The van der Waals surface area contributed by atoms with Crippen molar-refractivity contribution in [2.75, 3.05) is 25.0 Å².